The van der Waals surface area contributed by atoms with Crippen LogP contribution in [0.2, 0.25) is 5.28 Å². The van der Waals surface area contributed by atoms with E-state index in [9.17, 15) is 0 Å². The van der Waals surface area contributed by atoms with Crippen molar-refractivity contribution in [3.05, 3.63) is 17.0 Å². The first-order valence-electron chi connectivity index (χ1n) is 4.83. The molecule has 1 aromatic rings. The number of hydrogen-bond donors (Lipinski definition) is 0. The summed E-state index contributed by atoms with van der Waals surface area (Å²) in [4.78, 5) is 7.86. The highest BCUT2D eigenvalue weighted by Gasteiger charge is 2.01. The van der Waals surface area contributed by atoms with Crippen molar-refractivity contribution >= 4 is 11.6 Å². The van der Waals surface area contributed by atoms with Gasteiger partial charge >= 0.3 is 0 Å². The van der Waals surface area contributed by atoms with Gasteiger partial charge in [0.05, 0.1) is 12.7 Å². The predicted octanol–water partition coefficient (Wildman–Crippen LogP) is 2.24. The van der Waals surface area contributed by atoms with Gasteiger partial charge in [0.1, 0.15) is 6.61 Å². The lowest BCUT2D eigenvalue weighted by molar-refractivity contribution is 0.0542. The average Bonchev–Trinajstić information content (AvgIpc) is 2.10. The number of ether oxygens (including phenoxy) is 2. The summed E-state index contributed by atoms with van der Waals surface area (Å²) in [6, 6.07) is 1.74. The lowest BCUT2D eigenvalue weighted by Gasteiger charge is -2.08. The fourth-order valence-corrected chi connectivity index (χ4v) is 1.23. The van der Waals surface area contributed by atoms with E-state index >= 15 is 0 Å². The zero-order valence-corrected chi connectivity index (χ0v) is 9.91. The van der Waals surface area contributed by atoms with Crippen LogP contribution in [0.4, 0.5) is 0 Å². The molecule has 0 amide bonds. The lowest BCUT2D eigenvalue weighted by Crippen LogP contribution is -2.12. The van der Waals surface area contributed by atoms with Crippen molar-refractivity contribution in [2.24, 2.45) is 0 Å². The second-order valence-electron chi connectivity index (χ2n) is 3.38. The highest BCUT2D eigenvalue weighted by atomic mass is 35.5. The van der Waals surface area contributed by atoms with Crippen molar-refractivity contribution in [3.8, 4) is 5.88 Å². The first-order valence-corrected chi connectivity index (χ1v) is 5.21. The molecule has 5 heteroatoms. The Kier molecular flexibility index (Phi) is 4.78. The van der Waals surface area contributed by atoms with E-state index in [-0.39, 0.29) is 11.4 Å². The van der Waals surface area contributed by atoms with Gasteiger partial charge in [0, 0.05) is 11.8 Å². The molecule has 84 valence electrons. The molecule has 1 aromatic heterocycles. The SMILES string of the molecule is Cc1cc(OCCOC(C)C)nc(Cl)n1. The van der Waals surface area contributed by atoms with Gasteiger partial charge in [-0.3, -0.25) is 0 Å². The monoisotopic (exact) mass is 230 g/mol. The Morgan fingerprint density at radius 1 is 1.33 bits per heavy atom. The van der Waals surface area contributed by atoms with Gasteiger partial charge in [-0.25, -0.2) is 4.98 Å². The van der Waals surface area contributed by atoms with Crippen LogP contribution in [0.1, 0.15) is 19.5 Å². The molecule has 0 N–H and O–H groups in total. The minimum Gasteiger partial charge on any atom is -0.475 e. The summed E-state index contributed by atoms with van der Waals surface area (Å²) in [6.45, 7) is 6.80. The molecular weight excluding hydrogens is 216 g/mol. The Bertz CT molecular complexity index is 298. The van der Waals surface area contributed by atoms with E-state index in [1.54, 1.807) is 6.07 Å². The summed E-state index contributed by atoms with van der Waals surface area (Å²) in [6.07, 6.45) is 0.212. The molecule has 0 aromatic carbocycles. The number of hydrogen-bond acceptors (Lipinski definition) is 4. The van der Waals surface area contributed by atoms with Crippen molar-refractivity contribution < 1.29 is 9.47 Å². The van der Waals surface area contributed by atoms with Gasteiger partial charge in [-0.1, -0.05) is 0 Å². The fourth-order valence-electron chi connectivity index (χ4n) is 1.01. The summed E-state index contributed by atoms with van der Waals surface area (Å²) in [5.41, 5.74) is 0.787. The minimum absolute atomic E-state index is 0.203. The van der Waals surface area contributed by atoms with Crippen LogP contribution in [-0.4, -0.2) is 29.3 Å². The molecule has 0 bridgehead atoms. The van der Waals surface area contributed by atoms with Crippen LogP contribution < -0.4 is 4.74 Å². The quantitative estimate of drug-likeness (QED) is 0.575. The summed E-state index contributed by atoms with van der Waals surface area (Å²) in [7, 11) is 0. The Hall–Kier alpha value is -0.870. The molecule has 4 nitrogen and oxygen atoms in total. The van der Waals surface area contributed by atoms with Gasteiger partial charge < -0.3 is 9.47 Å². The van der Waals surface area contributed by atoms with Crippen LogP contribution in [0.5, 0.6) is 5.88 Å². The third-order valence-electron chi connectivity index (χ3n) is 1.59. The summed E-state index contributed by atoms with van der Waals surface area (Å²) in [5, 5.41) is 0.203. The van der Waals surface area contributed by atoms with E-state index in [2.05, 4.69) is 9.97 Å². The van der Waals surface area contributed by atoms with Crippen LogP contribution in [0.25, 0.3) is 0 Å². The summed E-state index contributed by atoms with van der Waals surface area (Å²) < 4.78 is 10.7. The largest absolute Gasteiger partial charge is 0.475 e. The summed E-state index contributed by atoms with van der Waals surface area (Å²) in [5.74, 6) is 0.486. The normalized spacial score (nSPS) is 10.7. The maximum absolute atomic E-state index is 5.68. The molecule has 0 radical (unpaired) electrons. The molecule has 0 saturated carbocycles. The first kappa shape index (κ1) is 12.2. The Balaban J connectivity index is 2.37. The van der Waals surface area contributed by atoms with Gasteiger partial charge in [-0.15, -0.1) is 0 Å². The molecule has 0 unspecified atom stereocenters. The Morgan fingerprint density at radius 2 is 2.07 bits per heavy atom. The van der Waals surface area contributed by atoms with Gasteiger partial charge in [0.15, 0.2) is 0 Å². The van der Waals surface area contributed by atoms with E-state index in [4.69, 9.17) is 21.1 Å². The molecule has 0 aliphatic carbocycles. The van der Waals surface area contributed by atoms with Gasteiger partial charge in [-0.05, 0) is 32.4 Å². The van der Waals surface area contributed by atoms with Crippen LogP contribution in [0.3, 0.4) is 0 Å². The molecule has 15 heavy (non-hydrogen) atoms. The molecule has 0 saturated heterocycles. The third-order valence-corrected chi connectivity index (χ3v) is 1.76. The number of aryl methyl sites for hydroxylation is 1. The summed E-state index contributed by atoms with van der Waals surface area (Å²) >= 11 is 5.68. The first-order chi connectivity index (χ1) is 7.08. The van der Waals surface area contributed by atoms with Crippen LogP contribution in [-0.2, 0) is 4.74 Å². The average molecular weight is 231 g/mol. The molecular formula is C10H15ClN2O2. The van der Waals surface area contributed by atoms with Crippen molar-refractivity contribution in [3.63, 3.8) is 0 Å². The predicted molar refractivity (Wildman–Crippen MR) is 58.4 cm³/mol. The molecule has 0 atom stereocenters. The Morgan fingerprint density at radius 3 is 2.67 bits per heavy atom. The van der Waals surface area contributed by atoms with E-state index in [0.29, 0.717) is 19.1 Å². The topological polar surface area (TPSA) is 44.2 Å². The highest BCUT2D eigenvalue weighted by molar-refractivity contribution is 6.28. The van der Waals surface area contributed by atoms with Gasteiger partial charge in [0.2, 0.25) is 11.2 Å². The molecule has 1 rings (SSSR count). The zero-order chi connectivity index (χ0) is 11.3. The highest BCUT2D eigenvalue weighted by Crippen LogP contribution is 2.11. The number of nitrogens with zero attached hydrogens (tertiary/aromatic N) is 2. The van der Waals surface area contributed by atoms with Gasteiger partial charge in [-0.2, -0.15) is 4.98 Å². The van der Waals surface area contributed by atoms with E-state index in [1.165, 1.54) is 0 Å². The maximum Gasteiger partial charge on any atom is 0.225 e. The van der Waals surface area contributed by atoms with Crippen LogP contribution in [0.15, 0.2) is 6.07 Å². The smallest absolute Gasteiger partial charge is 0.225 e. The van der Waals surface area contributed by atoms with E-state index < -0.39 is 0 Å². The van der Waals surface area contributed by atoms with E-state index in [1.807, 2.05) is 20.8 Å². The zero-order valence-electron chi connectivity index (χ0n) is 9.16. The fraction of sp³-hybridized carbons (Fsp3) is 0.600. The second-order valence-corrected chi connectivity index (χ2v) is 3.72. The van der Waals surface area contributed by atoms with Crippen LogP contribution >= 0.6 is 11.6 Å². The molecule has 1 heterocycles. The number of aromatic nitrogens is 2. The van der Waals surface area contributed by atoms with Crippen LogP contribution in [0, 0.1) is 6.92 Å². The molecule has 0 fully saturated rings. The van der Waals surface area contributed by atoms with E-state index in [0.717, 1.165) is 5.69 Å². The lowest BCUT2D eigenvalue weighted by atomic mass is 10.4. The Labute approximate surface area is 94.6 Å². The molecule has 0 spiro atoms. The number of halogens is 1. The maximum atomic E-state index is 5.68. The van der Waals surface area contributed by atoms with Gasteiger partial charge in [0.25, 0.3) is 0 Å². The van der Waals surface area contributed by atoms with Crippen molar-refractivity contribution in [2.45, 2.75) is 26.9 Å². The standard InChI is InChI=1S/C10H15ClN2O2/c1-7(2)14-4-5-15-9-6-8(3)12-10(11)13-9/h6-7H,4-5H2,1-3H3. The molecule has 0 aliphatic heterocycles. The van der Waals surface area contributed by atoms with Crippen molar-refractivity contribution in [1.29, 1.82) is 0 Å². The van der Waals surface area contributed by atoms with Crippen molar-refractivity contribution in [2.75, 3.05) is 13.2 Å². The van der Waals surface area contributed by atoms with Crippen molar-refractivity contribution in [1.82, 2.24) is 9.97 Å². The third kappa shape index (κ3) is 4.95. The minimum atomic E-state index is 0.203. The molecule has 0 aliphatic rings. The number of rotatable bonds is 5. The second kappa shape index (κ2) is 5.88.